The molecule has 0 radical (unpaired) electrons. The Kier molecular flexibility index (Phi) is 6.31. The van der Waals surface area contributed by atoms with Crippen molar-refractivity contribution >= 4 is 33.4 Å². The number of anilines is 2. The average Bonchev–Trinajstić information content (AvgIpc) is 2.73. The summed E-state index contributed by atoms with van der Waals surface area (Å²) in [5, 5.41) is 3.81. The summed E-state index contributed by atoms with van der Waals surface area (Å²) in [7, 11) is -2.27. The van der Waals surface area contributed by atoms with E-state index in [-0.39, 0.29) is 11.3 Å². The van der Waals surface area contributed by atoms with Crippen LogP contribution in [0.2, 0.25) is 0 Å². The van der Waals surface area contributed by atoms with Crippen LogP contribution in [0.5, 0.6) is 5.75 Å². The molecule has 0 unspecified atom stereocenters. The summed E-state index contributed by atoms with van der Waals surface area (Å²) < 4.78 is 32.5. The predicted octanol–water partition coefficient (Wildman–Crippen LogP) is 4.36. The van der Waals surface area contributed by atoms with Gasteiger partial charge >= 0.3 is 0 Å². The van der Waals surface area contributed by atoms with E-state index in [1.807, 2.05) is 18.2 Å². The molecule has 3 aromatic carbocycles. The van der Waals surface area contributed by atoms with Gasteiger partial charge in [0.25, 0.3) is 15.9 Å². The van der Waals surface area contributed by atoms with Gasteiger partial charge in [0.15, 0.2) is 0 Å². The van der Waals surface area contributed by atoms with Crippen LogP contribution in [0.1, 0.15) is 15.9 Å². The Balaban J connectivity index is 1.79. The zero-order chi connectivity index (χ0) is 20.7. The van der Waals surface area contributed by atoms with Crippen molar-refractivity contribution in [3.05, 3.63) is 95.4 Å². The van der Waals surface area contributed by atoms with E-state index >= 15 is 0 Å². The van der Waals surface area contributed by atoms with Crippen LogP contribution in [-0.4, -0.2) is 21.4 Å². The van der Waals surface area contributed by atoms with Crippen molar-refractivity contribution in [1.29, 1.82) is 0 Å². The van der Waals surface area contributed by atoms with E-state index in [0.717, 1.165) is 11.0 Å². The Morgan fingerprint density at radius 2 is 1.66 bits per heavy atom. The second kappa shape index (κ2) is 9.07. The normalized spacial score (nSPS) is 11.2. The first kappa shape index (κ1) is 20.2. The molecule has 3 aromatic rings. The van der Waals surface area contributed by atoms with Crippen molar-refractivity contribution in [3.63, 3.8) is 0 Å². The third kappa shape index (κ3) is 5.70. The summed E-state index contributed by atoms with van der Waals surface area (Å²) >= 11 is 0. The van der Waals surface area contributed by atoms with Gasteiger partial charge < -0.3 is 10.1 Å². The summed E-state index contributed by atoms with van der Waals surface area (Å²) in [6, 6.07) is 22.4. The molecule has 7 heteroatoms. The monoisotopic (exact) mass is 408 g/mol. The number of hydrogen-bond donors (Lipinski definition) is 2. The molecule has 0 saturated carbocycles. The number of hydrogen-bond acceptors (Lipinski definition) is 4. The maximum absolute atomic E-state index is 12.7. The van der Waals surface area contributed by atoms with Gasteiger partial charge in [0.1, 0.15) is 5.75 Å². The lowest BCUT2D eigenvalue weighted by Gasteiger charge is -2.12. The quantitative estimate of drug-likeness (QED) is 0.608. The van der Waals surface area contributed by atoms with Crippen LogP contribution < -0.4 is 14.8 Å². The maximum atomic E-state index is 12.7. The van der Waals surface area contributed by atoms with Crippen LogP contribution >= 0.6 is 0 Å². The zero-order valence-electron chi connectivity index (χ0n) is 15.7. The Morgan fingerprint density at radius 1 is 0.931 bits per heavy atom. The molecule has 0 aliphatic carbocycles. The van der Waals surface area contributed by atoms with Crippen LogP contribution in [0.15, 0.2) is 84.3 Å². The Labute approximate surface area is 169 Å². The lowest BCUT2D eigenvalue weighted by molar-refractivity contribution is 0.102. The van der Waals surface area contributed by atoms with Gasteiger partial charge in [-0.15, -0.1) is 0 Å². The van der Waals surface area contributed by atoms with Crippen molar-refractivity contribution < 1.29 is 17.9 Å². The van der Waals surface area contributed by atoms with Crippen LogP contribution in [0, 0.1) is 0 Å². The zero-order valence-corrected chi connectivity index (χ0v) is 16.5. The van der Waals surface area contributed by atoms with Crippen molar-refractivity contribution in [1.82, 2.24) is 0 Å². The van der Waals surface area contributed by atoms with Crippen LogP contribution in [0.25, 0.3) is 6.08 Å². The molecule has 2 N–H and O–H groups in total. The molecule has 29 heavy (non-hydrogen) atoms. The van der Waals surface area contributed by atoms with Crippen molar-refractivity contribution in [3.8, 4) is 5.75 Å². The molecular weight excluding hydrogens is 388 g/mol. The molecule has 0 bridgehead atoms. The number of rotatable bonds is 7. The van der Waals surface area contributed by atoms with E-state index in [2.05, 4.69) is 10.0 Å². The van der Waals surface area contributed by atoms with E-state index in [0.29, 0.717) is 11.4 Å². The highest BCUT2D eigenvalue weighted by molar-refractivity contribution is 7.95. The maximum Gasteiger partial charge on any atom is 0.257 e. The third-order valence-electron chi connectivity index (χ3n) is 3.99. The molecule has 0 saturated heterocycles. The molecule has 0 aromatic heterocycles. The molecule has 3 rings (SSSR count). The molecule has 0 heterocycles. The van der Waals surface area contributed by atoms with E-state index in [1.165, 1.54) is 19.3 Å². The molecule has 0 fully saturated rings. The van der Waals surface area contributed by atoms with Crippen molar-refractivity contribution in [2.45, 2.75) is 0 Å². The highest BCUT2D eigenvalue weighted by Crippen LogP contribution is 2.21. The van der Waals surface area contributed by atoms with Gasteiger partial charge in [0.2, 0.25) is 0 Å². The van der Waals surface area contributed by atoms with E-state index in [9.17, 15) is 13.2 Å². The largest absolute Gasteiger partial charge is 0.497 e. The number of para-hydroxylation sites is 1. The second-order valence-electron chi connectivity index (χ2n) is 6.09. The number of nitrogens with one attached hydrogen (secondary N) is 2. The standard InChI is InChI=1S/C22H20N2O4S/c1-28-19-11-7-10-18(16-19)23-22(25)20-12-5-6-13-21(20)24-29(26,27)15-14-17-8-3-2-4-9-17/h2-16,24H,1H3,(H,23,25)/b15-14+. The lowest BCUT2D eigenvalue weighted by atomic mass is 10.1. The Bertz CT molecular complexity index is 1130. The first-order valence-corrected chi connectivity index (χ1v) is 10.3. The van der Waals surface area contributed by atoms with Gasteiger partial charge in [-0.3, -0.25) is 9.52 Å². The molecule has 148 valence electrons. The number of sulfonamides is 1. The molecule has 0 atom stereocenters. The van der Waals surface area contributed by atoms with E-state index in [4.69, 9.17) is 4.74 Å². The van der Waals surface area contributed by atoms with Crippen LogP contribution in [-0.2, 0) is 10.0 Å². The van der Waals surface area contributed by atoms with Crippen molar-refractivity contribution in [2.24, 2.45) is 0 Å². The summed E-state index contributed by atoms with van der Waals surface area (Å²) in [5.74, 6) is 0.159. The number of amides is 1. The summed E-state index contributed by atoms with van der Waals surface area (Å²) in [5.41, 5.74) is 1.68. The number of methoxy groups -OCH3 is 1. The fourth-order valence-corrected chi connectivity index (χ4v) is 3.48. The third-order valence-corrected chi connectivity index (χ3v) is 4.99. The van der Waals surface area contributed by atoms with Gasteiger partial charge in [-0.2, -0.15) is 0 Å². The van der Waals surface area contributed by atoms with Crippen molar-refractivity contribution in [2.75, 3.05) is 17.1 Å². The first-order chi connectivity index (χ1) is 14.0. The highest BCUT2D eigenvalue weighted by atomic mass is 32.2. The molecule has 1 amide bonds. The predicted molar refractivity (Wildman–Crippen MR) is 115 cm³/mol. The van der Waals surface area contributed by atoms with Gasteiger partial charge in [-0.1, -0.05) is 48.5 Å². The van der Waals surface area contributed by atoms with Crippen LogP contribution in [0.3, 0.4) is 0 Å². The summed E-state index contributed by atoms with van der Waals surface area (Å²) in [6.07, 6.45) is 1.49. The SMILES string of the molecule is COc1cccc(NC(=O)c2ccccc2NS(=O)(=O)/C=C/c2ccccc2)c1. The smallest absolute Gasteiger partial charge is 0.257 e. The minimum absolute atomic E-state index is 0.186. The van der Waals surface area contributed by atoms with E-state index < -0.39 is 15.9 Å². The minimum atomic E-state index is -3.80. The molecule has 6 nitrogen and oxygen atoms in total. The number of benzene rings is 3. The van der Waals surface area contributed by atoms with Gasteiger partial charge in [-0.05, 0) is 35.9 Å². The first-order valence-electron chi connectivity index (χ1n) is 8.77. The summed E-state index contributed by atoms with van der Waals surface area (Å²) in [6.45, 7) is 0. The number of carbonyl (C=O) groups is 1. The van der Waals surface area contributed by atoms with E-state index in [1.54, 1.807) is 54.6 Å². The Hall–Kier alpha value is -3.58. The van der Waals surface area contributed by atoms with Gasteiger partial charge in [-0.25, -0.2) is 8.42 Å². The summed E-state index contributed by atoms with van der Waals surface area (Å²) in [4.78, 5) is 12.7. The van der Waals surface area contributed by atoms with Gasteiger partial charge in [0.05, 0.1) is 23.8 Å². The highest BCUT2D eigenvalue weighted by Gasteiger charge is 2.15. The number of ether oxygens (including phenoxy) is 1. The Morgan fingerprint density at radius 3 is 2.41 bits per heavy atom. The molecule has 0 aliphatic rings. The fourth-order valence-electron chi connectivity index (χ4n) is 2.59. The lowest BCUT2D eigenvalue weighted by Crippen LogP contribution is -2.17. The second-order valence-corrected chi connectivity index (χ2v) is 7.66. The average molecular weight is 408 g/mol. The topological polar surface area (TPSA) is 84.5 Å². The fraction of sp³-hybridized carbons (Fsp3) is 0.0455. The van der Waals surface area contributed by atoms with Crippen LogP contribution in [0.4, 0.5) is 11.4 Å². The van der Waals surface area contributed by atoms with Gasteiger partial charge in [0, 0.05) is 11.8 Å². The molecule has 0 spiro atoms. The molecular formula is C22H20N2O4S. The minimum Gasteiger partial charge on any atom is -0.497 e. The molecule has 0 aliphatic heterocycles. The number of carbonyl (C=O) groups excluding carboxylic acids is 1.